The molecular formula is C13H22N4O2. The summed E-state index contributed by atoms with van der Waals surface area (Å²) in [7, 11) is 3.60. The van der Waals surface area contributed by atoms with Crippen LogP contribution in [-0.4, -0.2) is 47.4 Å². The number of ether oxygens (including phenoxy) is 1. The quantitative estimate of drug-likeness (QED) is 0.808. The number of carbonyl (C=O) groups excluding carboxylic acids is 1. The molecule has 1 aliphatic heterocycles. The van der Waals surface area contributed by atoms with Gasteiger partial charge in [0, 0.05) is 39.7 Å². The highest BCUT2D eigenvalue weighted by molar-refractivity contribution is 5.77. The first-order valence-electron chi connectivity index (χ1n) is 6.51. The van der Waals surface area contributed by atoms with E-state index in [1.165, 1.54) is 0 Å². The van der Waals surface area contributed by atoms with Crippen LogP contribution >= 0.6 is 0 Å². The Kier molecular flexibility index (Phi) is 4.21. The number of aryl methyl sites for hydroxylation is 2. The molecule has 0 saturated carbocycles. The summed E-state index contributed by atoms with van der Waals surface area (Å²) in [5.41, 5.74) is 7.63. The molecule has 1 aromatic heterocycles. The van der Waals surface area contributed by atoms with Gasteiger partial charge in [-0.05, 0) is 13.0 Å². The molecule has 106 valence electrons. The number of aromatic nitrogens is 2. The molecule has 2 rings (SSSR count). The number of rotatable bonds is 5. The van der Waals surface area contributed by atoms with E-state index in [1.807, 2.05) is 18.7 Å². The van der Waals surface area contributed by atoms with Crippen LogP contribution in [0.4, 0.5) is 0 Å². The first-order valence-corrected chi connectivity index (χ1v) is 6.51. The highest BCUT2D eigenvalue weighted by Gasteiger charge is 2.36. The molecule has 2 atom stereocenters. The Morgan fingerprint density at radius 3 is 2.84 bits per heavy atom. The largest absolute Gasteiger partial charge is 0.384 e. The average Bonchev–Trinajstić information content (AvgIpc) is 2.84. The standard InChI is InChI=1S/C13H22N4O2/c1-9-4-11(16(2)15-9)6-17-5-10(8-19-3)12(7-17)13(14)18/h4,10,12H,5-8H2,1-3H3,(H2,14,18)/t10-,12+/m0/s1. The van der Waals surface area contributed by atoms with Crippen molar-refractivity contribution in [2.45, 2.75) is 13.5 Å². The van der Waals surface area contributed by atoms with Gasteiger partial charge in [-0.1, -0.05) is 0 Å². The van der Waals surface area contributed by atoms with Gasteiger partial charge in [-0.3, -0.25) is 14.4 Å². The molecule has 6 heteroatoms. The van der Waals surface area contributed by atoms with Crippen LogP contribution in [0.2, 0.25) is 0 Å². The number of nitrogens with two attached hydrogens (primary N) is 1. The monoisotopic (exact) mass is 266 g/mol. The molecule has 1 amide bonds. The average molecular weight is 266 g/mol. The topological polar surface area (TPSA) is 73.4 Å². The van der Waals surface area contributed by atoms with Gasteiger partial charge < -0.3 is 10.5 Å². The van der Waals surface area contributed by atoms with Crippen molar-refractivity contribution < 1.29 is 9.53 Å². The van der Waals surface area contributed by atoms with Crippen LogP contribution in [0.3, 0.4) is 0 Å². The molecule has 0 bridgehead atoms. The fourth-order valence-corrected chi connectivity index (χ4v) is 2.84. The first-order chi connectivity index (χ1) is 9.01. The summed E-state index contributed by atoms with van der Waals surface area (Å²) >= 11 is 0. The second-order valence-electron chi connectivity index (χ2n) is 5.32. The summed E-state index contributed by atoms with van der Waals surface area (Å²) in [6, 6.07) is 2.07. The van der Waals surface area contributed by atoms with Crippen molar-refractivity contribution in [1.29, 1.82) is 0 Å². The molecule has 19 heavy (non-hydrogen) atoms. The number of primary amides is 1. The smallest absolute Gasteiger partial charge is 0.222 e. The summed E-state index contributed by atoms with van der Waals surface area (Å²) in [4.78, 5) is 13.7. The zero-order valence-electron chi connectivity index (χ0n) is 11.8. The Morgan fingerprint density at radius 2 is 2.32 bits per heavy atom. The predicted octanol–water partition coefficient (Wildman–Crippen LogP) is -0.0918. The Bertz CT molecular complexity index is 457. The Balaban J connectivity index is 2.03. The van der Waals surface area contributed by atoms with Gasteiger partial charge in [0.05, 0.1) is 23.9 Å². The molecule has 1 aromatic rings. The number of hydrogen-bond acceptors (Lipinski definition) is 4. The lowest BCUT2D eigenvalue weighted by atomic mass is 9.96. The SMILES string of the molecule is COC[C@@H]1CN(Cc2cc(C)nn2C)C[C@H]1C(N)=O. The van der Waals surface area contributed by atoms with Crippen molar-refractivity contribution >= 4 is 5.91 Å². The van der Waals surface area contributed by atoms with Crippen LogP contribution in [-0.2, 0) is 23.1 Å². The number of amides is 1. The number of likely N-dealkylation sites (tertiary alicyclic amines) is 1. The summed E-state index contributed by atoms with van der Waals surface area (Å²) in [6.45, 7) is 4.89. The molecule has 1 saturated heterocycles. The van der Waals surface area contributed by atoms with Gasteiger partial charge in [-0.15, -0.1) is 0 Å². The molecule has 2 heterocycles. The van der Waals surface area contributed by atoms with E-state index in [9.17, 15) is 4.79 Å². The van der Waals surface area contributed by atoms with E-state index in [0.717, 1.165) is 24.5 Å². The van der Waals surface area contributed by atoms with Gasteiger partial charge in [0.15, 0.2) is 0 Å². The van der Waals surface area contributed by atoms with E-state index < -0.39 is 0 Å². The molecular weight excluding hydrogens is 244 g/mol. The van der Waals surface area contributed by atoms with E-state index in [0.29, 0.717) is 13.2 Å². The molecule has 0 unspecified atom stereocenters. The number of methoxy groups -OCH3 is 1. The van der Waals surface area contributed by atoms with E-state index >= 15 is 0 Å². The third kappa shape index (κ3) is 3.13. The summed E-state index contributed by atoms with van der Waals surface area (Å²) in [6.07, 6.45) is 0. The summed E-state index contributed by atoms with van der Waals surface area (Å²) in [5.74, 6) is -0.156. The zero-order valence-corrected chi connectivity index (χ0v) is 11.8. The molecule has 0 radical (unpaired) electrons. The maximum Gasteiger partial charge on any atom is 0.222 e. The van der Waals surface area contributed by atoms with Crippen LogP contribution < -0.4 is 5.73 Å². The van der Waals surface area contributed by atoms with Crippen molar-refractivity contribution in [1.82, 2.24) is 14.7 Å². The molecule has 1 aliphatic rings. The molecule has 0 spiro atoms. The molecule has 1 fully saturated rings. The fourth-order valence-electron chi connectivity index (χ4n) is 2.84. The lowest BCUT2D eigenvalue weighted by molar-refractivity contribution is -0.123. The Morgan fingerprint density at radius 1 is 1.58 bits per heavy atom. The molecule has 0 aromatic carbocycles. The van der Waals surface area contributed by atoms with E-state index in [4.69, 9.17) is 10.5 Å². The molecule has 2 N–H and O–H groups in total. The minimum atomic E-state index is -0.231. The maximum atomic E-state index is 11.5. The van der Waals surface area contributed by atoms with E-state index in [-0.39, 0.29) is 17.7 Å². The van der Waals surface area contributed by atoms with E-state index in [2.05, 4.69) is 16.1 Å². The maximum absolute atomic E-state index is 11.5. The highest BCUT2D eigenvalue weighted by Crippen LogP contribution is 2.25. The lowest BCUT2D eigenvalue weighted by Crippen LogP contribution is -2.31. The molecule has 0 aliphatic carbocycles. The van der Waals surface area contributed by atoms with E-state index in [1.54, 1.807) is 7.11 Å². The third-order valence-electron chi connectivity index (χ3n) is 3.75. The third-order valence-corrected chi connectivity index (χ3v) is 3.75. The second kappa shape index (κ2) is 5.71. The van der Waals surface area contributed by atoms with Crippen LogP contribution in [0.1, 0.15) is 11.4 Å². The van der Waals surface area contributed by atoms with Gasteiger partial charge in [0.25, 0.3) is 0 Å². The Hall–Kier alpha value is -1.40. The number of hydrogen-bond donors (Lipinski definition) is 1. The summed E-state index contributed by atoms with van der Waals surface area (Å²) < 4.78 is 7.07. The Labute approximate surface area is 113 Å². The van der Waals surface area contributed by atoms with Crippen molar-refractivity contribution in [3.8, 4) is 0 Å². The van der Waals surface area contributed by atoms with Crippen molar-refractivity contribution in [2.75, 3.05) is 26.8 Å². The lowest BCUT2D eigenvalue weighted by Gasteiger charge is -2.15. The number of carbonyl (C=O) groups is 1. The minimum absolute atomic E-state index is 0.116. The van der Waals surface area contributed by atoms with Crippen LogP contribution in [0.15, 0.2) is 6.07 Å². The van der Waals surface area contributed by atoms with Gasteiger partial charge in [-0.2, -0.15) is 5.10 Å². The predicted molar refractivity (Wildman–Crippen MR) is 71.3 cm³/mol. The summed E-state index contributed by atoms with van der Waals surface area (Å²) in [5, 5.41) is 4.34. The van der Waals surface area contributed by atoms with Crippen molar-refractivity contribution in [3.05, 3.63) is 17.5 Å². The van der Waals surface area contributed by atoms with Crippen LogP contribution in [0.25, 0.3) is 0 Å². The van der Waals surface area contributed by atoms with Gasteiger partial charge >= 0.3 is 0 Å². The zero-order chi connectivity index (χ0) is 14.0. The normalized spacial score (nSPS) is 23.9. The van der Waals surface area contributed by atoms with Crippen molar-refractivity contribution in [3.63, 3.8) is 0 Å². The number of nitrogens with zero attached hydrogens (tertiary/aromatic N) is 3. The van der Waals surface area contributed by atoms with Gasteiger partial charge in [0.1, 0.15) is 0 Å². The van der Waals surface area contributed by atoms with Gasteiger partial charge in [0.2, 0.25) is 5.91 Å². The highest BCUT2D eigenvalue weighted by atomic mass is 16.5. The van der Waals surface area contributed by atoms with Crippen LogP contribution in [0.5, 0.6) is 0 Å². The van der Waals surface area contributed by atoms with Crippen LogP contribution in [0, 0.1) is 18.8 Å². The van der Waals surface area contributed by atoms with Crippen molar-refractivity contribution in [2.24, 2.45) is 24.6 Å². The first kappa shape index (κ1) is 14.0. The second-order valence-corrected chi connectivity index (χ2v) is 5.32. The van der Waals surface area contributed by atoms with Gasteiger partial charge in [-0.25, -0.2) is 0 Å². The minimum Gasteiger partial charge on any atom is -0.384 e. The fraction of sp³-hybridized carbons (Fsp3) is 0.692. The molecule has 6 nitrogen and oxygen atoms in total.